The molecule has 6 nitrogen and oxygen atoms in total. The zero-order chi connectivity index (χ0) is 15.0. The number of nitrogens with zero attached hydrogens (tertiary/aromatic N) is 2. The minimum atomic E-state index is -0.367. The lowest BCUT2D eigenvalue weighted by Crippen LogP contribution is -2.03. The van der Waals surface area contributed by atoms with E-state index in [0.717, 1.165) is 29.0 Å². The number of hydrogen-bond donors (Lipinski definition) is 2. The van der Waals surface area contributed by atoms with Crippen LogP contribution in [0, 0.1) is 0 Å². The summed E-state index contributed by atoms with van der Waals surface area (Å²) in [4.78, 5) is 12.3. The van der Waals surface area contributed by atoms with Crippen LogP contribution >= 0.6 is 11.3 Å². The topological polar surface area (TPSA) is 82.2 Å². The minimum absolute atomic E-state index is 0.367. The number of aryl methyl sites for hydroxylation is 1. The fourth-order valence-corrected chi connectivity index (χ4v) is 3.48. The van der Waals surface area contributed by atoms with E-state index in [1.165, 1.54) is 18.4 Å². The molecule has 3 rings (SSSR count). The number of nitrogen functional groups attached to an aromatic ring is 1. The van der Waals surface area contributed by atoms with E-state index in [4.69, 9.17) is 10.5 Å². The molecule has 2 aromatic heterocycles. The summed E-state index contributed by atoms with van der Waals surface area (Å²) in [5.74, 6) is 0.102. The molecule has 0 aliphatic heterocycles. The molecule has 1 aliphatic carbocycles. The molecule has 0 spiro atoms. The summed E-state index contributed by atoms with van der Waals surface area (Å²) in [6.07, 6.45) is 6.04. The molecule has 1 aliphatic rings. The summed E-state index contributed by atoms with van der Waals surface area (Å²) < 4.78 is 6.57. The standard InChI is InChI=1S/C14H18N4O2S/c1-18-7-8(6-17-18)5-16-13-10(9-3-4-9)11(15)12(21-13)14(19)20-2/h6-7,9,16H,3-5,15H2,1-2H3. The summed E-state index contributed by atoms with van der Waals surface area (Å²) in [6.45, 7) is 0.661. The van der Waals surface area contributed by atoms with Crippen molar-refractivity contribution in [3.05, 3.63) is 28.4 Å². The van der Waals surface area contributed by atoms with Crippen LogP contribution in [-0.4, -0.2) is 22.9 Å². The van der Waals surface area contributed by atoms with Gasteiger partial charge in [0.2, 0.25) is 0 Å². The van der Waals surface area contributed by atoms with Crippen LogP contribution in [-0.2, 0) is 18.3 Å². The number of esters is 1. The van der Waals surface area contributed by atoms with E-state index in [0.29, 0.717) is 23.0 Å². The summed E-state index contributed by atoms with van der Waals surface area (Å²) in [5.41, 5.74) is 8.88. The number of aromatic nitrogens is 2. The Hall–Kier alpha value is -2.02. The number of anilines is 2. The summed E-state index contributed by atoms with van der Waals surface area (Å²) in [7, 11) is 3.26. The number of hydrogen-bond acceptors (Lipinski definition) is 6. The molecule has 1 saturated carbocycles. The Kier molecular flexibility index (Phi) is 3.59. The van der Waals surface area contributed by atoms with Crippen molar-refractivity contribution in [2.24, 2.45) is 7.05 Å². The Balaban J connectivity index is 1.84. The first-order chi connectivity index (χ1) is 10.1. The number of carbonyl (C=O) groups is 1. The maximum absolute atomic E-state index is 11.8. The van der Waals surface area contributed by atoms with E-state index in [1.54, 1.807) is 4.68 Å². The maximum Gasteiger partial charge on any atom is 0.350 e. The normalized spacial score (nSPS) is 14.2. The van der Waals surface area contributed by atoms with Crippen molar-refractivity contribution in [3.8, 4) is 0 Å². The van der Waals surface area contributed by atoms with E-state index < -0.39 is 0 Å². The highest BCUT2D eigenvalue weighted by Gasteiger charge is 2.33. The number of thiophene rings is 1. The average Bonchev–Trinajstić information content (AvgIpc) is 3.13. The molecule has 0 amide bonds. The highest BCUT2D eigenvalue weighted by molar-refractivity contribution is 7.18. The average molecular weight is 306 g/mol. The summed E-state index contributed by atoms with van der Waals surface area (Å²) in [5, 5.41) is 8.50. The molecule has 2 heterocycles. The molecule has 0 atom stereocenters. The van der Waals surface area contributed by atoms with Gasteiger partial charge in [-0.25, -0.2) is 4.79 Å². The van der Waals surface area contributed by atoms with Gasteiger partial charge in [0.05, 0.1) is 24.0 Å². The smallest absolute Gasteiger partial charge is 0.350 e. The van der Waals surface area contributed by atoms with Crippen LogP contribution in [0.25, 0.3) is 0 Å². The zero-order valence-electron chi connectivity index (χ0n) is 12.0. The van der Waals surface area contributed by atoms with Gasteiger partial charge in [0.25, 0.3) is 0 Å². The van der Waals surface area contributed by atoms with Gasteiger partial charge in [0, 0.05) is 30.9 Å². The van der Waals surface area contributed by atoms with Gasteiger partial charge in [0.15, 0.2) is 0 Å². The zero-order valence-corrected chi connectivity index (χ0v) is 12.9. The molecule has 2 aromatic rings. The van der Waals surface area contributed by atoms with Gasteiger partial charge in [-0.2, -0.15) is 5.10 Å². The third kappa shape index (κ3) is 2.73. The number of rotatable bonds is 5. The van der Waals surface area contributed by atoms with Crippen LogP contribution in [0.1, 0.15) is 39.6 Å². The van der Waals surface area contributed by atoms with Crippen LogP contribution < -0.4 is 11.1 Å². The van der Waals surface area contributed by atoms with Crippen molar-refractivity contribution in [1.82, 2.24) is 9.78 Å². The number of ether oxygens (including phenoxy) is 1. The van der Waals surface area contributed by atoms with Crippen LogP contribution in [0.5, 0.6) is 0 Å². The van der Waals surface area contributed by atoms with Crippen LogP contribution in [0.4, 0.5) is 10.7 Å². The van der Waals surface area contributed by atoms with Gasteiger partial charge in [-0.1, -0.05) is 0 Å². The second-order valence-electron chi connectivity index (χ2n) is 5.23. The predicted octanol–water partition coefficient (Wildman–Crippen LogP) is 2.34. The monoisotopic (exact) mass is 306 g/mol. The largest absolute Gasteiger partial charge is 0.465 e. The molecular formula is C14H18N4O2S. The highest BCUT2D eigenvalue weighted by atomic mass is 32.1. The second kappa shape index (κ2) is 5.40. The third-order valence-corrected chi connectivity index (χ3v) is 4.71. The molecule has 0 saturated heterocycles. The van der Waals surface area contributed by atoms with E-state index in [9.17, 15) is 4.79 Å². The lowest BCUT2D eigenvalue weighted by atomic mass is 10.1. The Morgan fingerprint density at radius 3 is 2.95 bits per heavy atom. The SMILES string of the molecule is COC(=O)c1sc(NCc2cnn(C)c2)c(C2CC2)c1N. The first kappa shape index (κ1) is 13.9. The van der Waals surface area contributed by atoms with E-state index in [-0.39, 0.29) is 5.97 Å². The molecule has 0 aromatic carbocycles. The molecule has 0 radical (unpaired) electrons. The molecule has 112 valence electrons. The lowest BCUT2D eigenvalue weighted by Gasteiger charge is -2.05. The highest BCUT2D eigenvalue weighted by Crippen LogP contribution is 2.51. The molecule has 0 bridgehead atoms. The number of nitrogens with two attached hydrogens (primary N) is 1. The van der Waals surface area contributed by atoms with E-state index in [2.05, 4.69) is 10.4 Å². The van der Waals surface area contributed by atoms with Crippen LogP contribution in [0.15, 0.2) is 12.4 Å². The molecule has 1 fully saturated rings. The fraction of sp³-hybridized carbons (Fsp3) is 0.429. The van der Waals surface area contributed by atoms with Gasteiger partial charge in [-0.3, -0.25) is 4.68 Å². The maximum atomic E-state index is 11.8. The first-order valence-electron chi connectivity index (χ1n) is 6.82. The van der Waals surface area contributed by atoms with Crippen molar-refractivity contribution in [3.63, 3.8) is 0 Å². The van der Waals surface area contributed by atoms with Gasteiger partial charge < -0.3 is 15.8 Å². The number of methoxy groups -OCH3 is 1. The summed E-state index contributed by atoms with van der Waals surface area (Å²) in [6, 6.07) is 0. The molecular weight excluding hydrogens is 288 g/mol. The van der Waals surface area contributed by atoms with Crippen molar-refractivity contribution in [2.75, 3.05) is 18.2 Å². The fourth-order valence-electron chi connectivity index (χ4n) is 2.36. The minimum Gasteiger partial charge on any atom is -0.465 e. The first-order valence-corrected chi connectivity index (χ1v) is 7.63. The van der Waals surface area contributed by atoms with Crippen molar-refractivity contribution in [2.45, 2.75) is 25.3 Å². The van der Waals surface area contributed by atoms with Crippen molar-refractivity contribution < 1.29 is 9.53 Å². The lowest BCUT2D eigenvalue weighted by molar-refractivity contribution is 0.0607. The van der Waals surface area contributed by atoms with E-state index in [1.807, 2.05) is 19.4 Å². The van der Waals surface area contributed by atoms with Gasteiger partial charge in [-0.15, -0.1) is 11.3 Å². The second-order valence-corrected chi connectivity index (χ2v) is 6.25. The summed E-state index contributed by atoms with van der Waals surface area (Å²) >= 11 is 1.38. The molecule has 3 N–H and O–H groups in total. The predicted molar refractivity (Wildman–Crippen MR) is 82.6 cm³/mol. The Morgan fingerprint density at radius 2 is 2.38 bits per heavy atom. The Morgan fingerprint density at radius 1 is 1.62 bits per heavy atom. The number of carbonyl (C=O) groups excluding carboxylic acids is 1. The number of nitrogens with one attached hydrogen (secondary N) is 1. The van der Waals surface area contributed by atoms with Gasteiger partial charge in [0.1, 0.15) is 4.88 Å². The van der Waals surface area contributed by atoms with Crippen LogP contribution in [0.2, 0.25) is 0 Å². The van der Waals surface area contributed by atoms with Gasteiger partial charge >= 0.3 is 5.97 Å². The third-order valence-electron chi connectivity index (χ3n) is 3.55. The molecule has 7 heteroatoms. The Bertz CT molecular complexity index is 673. The van der Waals surface area contributed by atoms with Crippen molar-refractivity contribution >= 4 is 28.0 Å². The molecule has 21 heavy (non-hydrogen) atoms. The van der Waals surface area contributed by atoms with E-state index >= 15 is 0 Å². The quantitative estimate of drug-likeness (QED) is 0.829. The van der Waals surface area contributed by atoms with Crippen LogP contribution in [0.3, 0.4) is 0 Å². The Labute approximate surface area is 126 Å². The van der Waals surface area contributed by atoms with Crippen molar-refractivity contribution in [1.29, 1.82) is 0 Å². The van der Waals surface area contributed by atoms with Gasteiger partial charge in [-0.05, 0) is 18.8 Å². The molecule has 0 unspecified atom stereocenters.